The van der Waals surface area contributed by atoms with Gasteiger partial charge < -0.3 is 9.84 Å². The molecule has 0 radical (unpaired) electrons. The molecule has 0 aromatic carbocycles. The van der Waals surface area contributed by atoms with Gasteiger partial charge in [0.05, 0.1) is 12.3 Å². The summed E-state index contributed by atoms with van der Waals surface area (Å²) in [6.07, 6.45) is 31.4. The molecule has 0 heterocycles. The molecule has 0 amide bonds. The predicted molar refractivity (Wildman–Crippen MR) is 144 cm³/mol. The number of ether oxygens (including phenoxy) is 1. The summed E-state index contributed by atoms with van der Waals surface area (Å²) in [5, 5.41) is 8.98. The van der Waals surface area contributed by atoms with Gasteiger partial charge >= 0.3 is 11.9 Å². The van der Waals surface area contributed by atoms with Gasteiger partial charge in [0.15, 0.2) is 0 Å². The molecule has 0 fully saturated rings. The minimum absolute atomic E-state index is 0.129. The summed E-state index contributed by atoms with van der Waals surface area (Å²) in [6.45, 7) is 5.92. The Labute approximate surface area is 210 Å². The monoisotopic (exact) mass is 478 g/mol. The highest BCUT2D eigenvalue weighted by Crippen LogP contribution is 2.16. The largest absolute Gasteiger partial charge is 0.481 e. The van der Waals surface area contributed by atoms with Crippen LogP contribution in [0.5, 0.6) is 0 Å². The number of hydrogen-bond acceptors (Lipinski definition) is 3. The van der Waals surface area contributed by atoms with E-state index in [-0.39, 0.29) is 13.0 Å². The van der Waals surface area contributed by atoms with Crippen LogP contribution < -0.4 is 0 Å². The van der Waals surface area contributed by atoms with Crippen LogP contribution in [-0.4, -0.2) is 23.7 Å². The first kappa shape index (κ1) is 32.4. The zero-order valence-electron chi connectivity index (χ0n) is 22.2. The molecule has 0 aliphatic rings. The molecule has 0 aliphatic carbocycles. The van der Waals surface area contributed by atoms with E-state index in [0.29, 0.717) is 12.8 Å². The van der Waals surface area contributed by atoms with Gasteiger partial charge in [-0.3, -0.25) is 9.59 Å². The lowest BCUT2D eigenvalue weighted by Gasteiger charge is -2.12. The van der Waals surface area contributed by atoms with Crippen LogP contribution in [-0.2, 0) is 14.3 Å². The molecule has 0 aromatic heterocycles. The number of carbonyl (C=O) groups excluding carboxylic acids is 1. The smallest absolute Gasteiger partial charge is 0.309 e. The van der Waals surface area contributed by atoms with E-state index < -0.39 is 17.9 Å². The number of aliphatic carboxylic acids is 1. The van der Waals surface area contributed by atoms with Crippen LogP contribution in [0.15, 0.2) is 24.8 Å². The van der Waals surface area contributed by atoms with E-state index in [2.05, 4.69) is 25.7 Å². The number of carboxylic acids is 1. The highest BCUT2D eigenvalue weighted by atomic mass is 16.5. The number of unbranched alkanes of at least 4 members (excludes halogenated alkanes) is 17. The topological polar surface area (TPSA) is 63.6 Å². The van der Waals surface area contributed by atoms with E-state index in [9.17, 15) is 9.59 Å². The van der Waals surface area contributed by atoms with Crippen molar-refractivity contribution < 1.29 is 19.4 Å². The lowest BCUT2D eigenvalue weighted by atomic mass is 9.99. The zero-order chi connectivity index (χ0) is 25.1. The molecule has 1 N–H and O–H groups in total. The van der Waals surface area contributed by atoms with Crippen LogP contribution in [0.25, 0.3) is 0 Å². The minimum Gasteiger partial charge on any atom is -0.481 e. The summed E-state index contributed by atoms with van der Waals surface area (Å²) < 4.78 is 5.01. The van der Waals surface area contributed by atoms with E-state index >= 15 is 0 Å². The molecule has 34 heavy (non-hydrogen) atoms. The van der Waals surface area contributed by atoms with Crippen LogP contribution in [0.1, 0.15) is 142 Å². The molecule has 0 aliphatic heterocycles. The van der Waals surface area contributed by atoms with Gasteiger partial charge in [0.2, 0.25) is 0 Å². The fourth-order valence-electron chi connectivity index (χ4n) is 4.29. The lowest BCUT2D eigenvalue weighted by Crippen LogP contribution is -2.21. The highest BCUT2D eigenvalue weighted by molar-refractivity contribution is 5.79. The summed E-state index contributed by atoms with van der Waals surface area (Å²) in [7, 11) is 0. The van der Waals surface area contributed by atoms with E-state index in [4.69, 9.17) is 9.84 Å². The number of rotatable bonds is 26. The maximum atomic E-state index is 11.9. The quantitative estimate of drug-likeness (QED) is 0.0764. The first-order valence-electron chi connectivity index (χ1n) is 14.3. The molecule has 0 rings (SSSR count). The summed E-state index contributed by atoms with van der Waals surface area (Å²) in [4.78, 5) is 22.9. The molecular weight excluding hydrogens is 424 g/mol. The van der Waals surface area contributed by atoms with E-state index in [0.717, 1.165) is 6.42 Å². The third-order valence-corrected chi connectivity index (χ3v) is 6.42. The van der Waals surface area contributed by atoms with Crippen LogP contribution in [0.3, 0.4) is 0 Å². The molecule has 1 atom stereocenters. The Kier molecular flexibility index (Phi) is 24.8. The third kappa shape index (κ3) is 23.6. The normalized spacial score (nSPS) is 12.1. The van der Waals surface area contributed by atoms with Crippen molar-refractivity contribution in [2.45, 2.75) is 142 Å². The van der Waals surface area contributed by atoms with Gasteiger partial charge in [-0.15, -0.1) is 0 Å². The summed E-state index contributed by atoms with van der Waals surface area (Å²) in [5.41, 5.74) is 0. The van der Waals surface area contributed by atoms with Crippen molar-refractivity contribution in [2.75, 3.05) is 6.61 Å². The standard InChI is InChI=1S/C30H54O4/c1-3-5-6-7-8-9-10-11-12-13-14-15-16-17-18-19-20-21-22-23-24-25-28(27-29(31)32)30(33)34-26-4-2/h4,22-23,28H,2-3,5-21,24-27H2,1H3,(H,31,32)/b23-22+. The molecule has 0 saturated heterocycles. The fraction of sp³-hybridized carbons (Fsp3) is 0.800. The Morgan fingerprint density at radius 2 is 1.18 bits per heavy atom. The van der Waals surface area contributed by atoms with Crippen molar-refractivity contribution in [3.05, 3.63) is 24.8 Å². The third-order valence-electron chi connectivity index (χ3n) is 6.42. The molecule has 4 heteroatoms. The second kappa shape index (κ2) is 26.0. The van der Waals surface area contributed by atoms with Crippen molar-refractivity contribution in [1.82, 2.24) is 0 Å². The highest BCUT2D eigenvalue weighted by Gasteiger charge is 2.22. The Morgan fingerprint density at radius 1 is 0.735 bits per heavy atom. The number of allylic oxidation sites excluding steroid dienone is 2. The van der Waals surface area contributed by atoms with Gasteiger partial charge in [-0.25, -0.2) is 0 Å². The summed E-state index contributed by atoms with van der Waals surface area (Å²) in [5.74, 6) is -1.99. The van der Waals surface area contributed by atoms with Crippen LogP contribution in [0.4, 0.5) is 0 Å². The Bertz CT molecular complexity index is 512. The van der Waals surface area contributed by atoms with Crippen molar-refractivity contribution in [1.29, 1.82) is 0 Å². The molecule has 1 unspecified atom stereocenters. The maximum Gasteiger partial charge on any atom is 0.309 e. The van der Waals surface area contributed by atoms with Crippen molar-refractivity contribution in [3.8, 4) is 0 Å². The van der Waals surface area contributed by atoms with Gasteiger partial charge in [0, 0.05) is 0 Å². The predicted octanol–water partition coefficient (Wildman–Crippen LogP) is 9.18. The SMILES string of the molecule is C=CCOC(=O)C(CC/C=C/CCCCCCCCCCCCCCCCCCC)CC(=O)O. The average Bonchev–Trinajstić information content (AvgIpc) is 2.82. The van der Waals surface area contributed by atoms with Gasteiger partial charge in [0.1, 0.15) is 6.61 Å². The zero-order valence-corrected chi connectivity index (χ0v) is 22.2. The number of carbonyl (C=O) groups is 2. The molecular formula is C30H54O4. The molecule has 198 valence electrons. The second-order valence-electron chi connectivity index (χ2n) is 9.71. The fourth-order valence-corrected chi connectivity index (χ4v) is 4.29. The molecule has 0 aromatic rings. The summed E-state index contributed by atoms with van der Waals surface area (Å²) in [6, 6.07) is 0. The Hall–Kier alpha value is -1.58. The van der Waals surface area contributed by atoms with Gasteiger partial charge in [-0.1, -0.05) is 134 Å². The first-order chi connectivity index (χ1) is 16.6. The lowest BCUT2D eigenvalue weighted by molar-refractivity contribution is -0.152. The van der Waals surface area contributed by atoms with Gasteiger partial charge in [0.25, 0.3) is 0 Å². The van der Waals surface area contributed by atoms with Crippen LogP contribution in [0.2, 0.25) is 0 Å². The molecule has 0 saturated carbocycles. The summed E-state index contributed by atoms with van der Waals surface area (Å²) >= 11 is 0. The van der Waals surface area contributed by atoms with E-state index in [1.807, 2.05) is 0 Å². The van der Waals surface area contributed by atoms with E-state index in [1.165, 1.54) is 115 Å². The van der Waals surface area contributed by atoms with E-state index in [1.54, 1.807) is 0 Å². The van der Waals surface area contributed by atoms with Crippen molar-refractivity contribution in [3.63, 3.8) is 0 Å². The Morgan fingerprint density at radius 3 is 1.62 bits per heavy atom. The average molecular weight is 479 g/mol. The van der Waals surface area contributed by atoms with Gasteiger partial charge in [-0.05, 0) is 25.7 Å². The Balaban J connectivity index is 3.46. The number of hydrogen-bond donors (Lipinski definition) is 1. The number of carboxylic acid groups (broad SMARTS) is 1. The molecule has 0 bridgehead atoms. The maximum absolute atomic E-state index is 11.9. The van der Waals surface area contributed by atoms with Crippen LogP contribution >= 0.6 is 0 Å². The molecule has 0 spiro atoms. The van der Waals surface area contributed by atoms with Crippen molar-refractivity contribution >= 4 is 11.9 Å². The second-order valence-corrected chi connectivity index (χ2v) is 9.71. The van der Waals surface area contributed by atoms with Crippen LogP contribution in [0, 0.1) is 5.92 Å². The number of esters is 1. The molecule has 4 nitrogen and oxygen atoms in total. The minimum atomic E-state index is -0.965. The first-order valence-corrected chi connectivity index (χ1v) is 14.3. The van der Waals surface area contributed by atoms with Gasteiger partial charge in [-0.2, -0.15) is 0 Å². The van der Waals surface area contributed by atoms with Crippen molar-refractivity contribution in [2.24, 2.45) is 5.92 Å².